The van der Waals surface area contributed by atoms with E-state index >= 15 is 0 Å². The normalized spacial score (nSPS) is 10.0. The molecule has 0 unspecified atom stereocenters. The summed E-state index contributed by atoms with van der Waals surface area (Å²) in [5, 5.41) is 3.25. The molecule has 0 saturated carbocycles. The highest BCUT2D eigenvalue weighted by Gasteiger charge is 1.99. The summed E-state index contributed by atoms with van der Waals surface area (Å²) in [6, 6.07) is 3.34. The van der Waals surface area contributed by atoms with Crippen molar-refractivity contribution in [3.05, 3.63) is 35.1 Å². The second-order valence-corrected chi connectivity index (χ2v) is 3.22. The largest absolute Gasteiger partial charge is 0.325 e. The van der Waals surface area contributed by atoms with Gasteiger partial charge >= 0.3 is 0 Å². The number of nitrogens with zero attached hydrogens (tertiary/aromatic N) is 4. The molecule has 1 N–H and O–H groups in total. The van der Waals surface area contributed by atoms with Gasteiger partial charge < -0.3 is 5.32 Å². The molecule has 0 atom stereocenters. The van der Waals surface area contributed by atoms with Crippen LogP contribution in [0.1, 0.15) is 0 Å². The van der Waals surface area contributed by atoms with Gasteiger partial charge in [-0.1, -0.05) is 0 Å². The van der Waals surface area contributed by atoms with Gasteiger partial charge in [-0.3, -0.25) is 0 Å². The average molecular weight is 242 g/mol. The first-order valence-corrected chi connectivity index (χ1v) is 4.74. The molecule has 5 nitrogen and oxygen atoms in total. The molecule has 0 amide bonds. The van der Waals surface area contributed by atoms with E-state index in [4.69, 9.17) is 23.2 Å². The molecule has 2 aromatic heterocycles. The smallest absolute Gasteiger partial charge is 0.224 e. The number of hydrogen-bond acceptors (Lipinski definition) is 5. The highest BCUT2D eigenvalue weighted by atomic mass is 35.5. The Morgan fingerprint density at radius 2 is 1.33 bits per heavy atom. The van der Waals surface area contributed by atoms with Gasteiger partial charge in [-0.15, -0.1) is 0 Å². The van der Waals surface area contributed by atoms with Crippen molar-refractivity contribution in [1.29, 1.82) is 0 Å². The summed E-state index contributed by atoms with van der Waals surface area (Å²) in [6.45, 7) is 0. The van der Waals surface area contributed by atoms with Crippen LogP contribution in [0.25, 0.3) is 0 Å². The van der Waals surface area contributed by atoms with Crippen LogP contribution in [-0.4, -0.2) is 19.9 Å². The molecule has 0 aliphatic rings. The van der Waals surface area contributed by atoms with Gasteiger partial charge in [0.25, 0.3) is 0 Å². The molecule has 0 aliphatic heterocycles. The van der Waals surface area contributed by atoms with Crippen LogP contribution in [0, 0.1) is 0 Å². The van der Waals surface area contributed by atoms with Gasteiger partial charge in [-0.2, -0.15) is 0 Å². The fourth-order valence-electron chi connectivity index (χ4n) is 0.940. The lowest BCUT2D eigenvalue weighted by atomic mass is 10.5. The highest BCUT2D eigenvalue weighted by Crippen LogP contribution is 2.13. The van der Waals surface area contributed by atoms with Crippen LogP contribution in [-0.2, 0) is 0 Å². The fourth-order valence-corrected chi connectivity index (χ4v) is 1.24. The maximum Gasteiger partial charge on any atom is 0.224 e. The number of anilines is 2. The minimum atomic E-state index is 0.167. The molecule has 0 fully saturated rings. The molecule has 0 radical (unpaired) electrons. The summed E-state index contributed by atoms with van der Waals surface area (Å²) in [7, 11) is 0. The molecule has 0 aromatic carbocycles. The average Bonchev–Trinajstić information content (AvgIpc) is 2.17. The van der Waals surface area contributed by atoms with Gasteiger partial charge in [0.15, 0.2) is 0 Å². The van der Waals surface area contributed by atoms with Crippen molar-refractivity contribution in [3.8, 4) is 0 Å². The van der Waals surface area contributed by atoms with E-state index in [1.165, 1.54) is 0 Å². The third-order valence-corrected chi connectivity index (χ3v) is 1.87. The van der Waals surface area contributed by atoms with Gasteiger partial charge in [-0.25, -0.2) is 19.9 Å². The first kappa shape index (κ1) is 10.1. The van der Waals surface area contributed by atoms with E-state index in [9.17, 15) is 0 Å². The van der Waals surface area contributed by atoms with E-state index in [1.807, 2.05) is 0 Å². The Kier molecular flexibility index (Phi) is 2.94. The summed E-state index contributed by atoms with van der Waals surface area (Å²) in [5.74, 6) is 1.09. The zero-order valence-corrected chi connectivity index (χ0v) is 8.87. The van der Waals surface area contributed by atoms with E-state index in [1.54, 1.807) is 24.5 Å². The van der Waals surface area contributed by atoms with E-state index in [2.05, 4.69) is 25.3 Å². The van der Waals surface area contributed by atoms with Gasteiger partial charge in [0.2, 0.25) is 10.6 Å². The predicted octanol–water partition coefficient (Wildman–Crippen LogP) is 2.32. The zero-order valence-electron chi connectivity index (χ0n) is 7.35. The molecule has 2 rings (SSSR count). The fraction of sp³-hybridized carbons (Fsp3) is 0. The molecule has 76 valence electrons. The Hall–Kier alpha value is -1.46. The van der Waals surface area contributed by atoms with Crippen molar-refractivity contribution in [2.24, 2.45) is 0 Å². The maximum atomic E-state index is 5.62. The van der Waals surface area contributed by atoms with Crippen LogP contribution in [0.4, 0.5) is 11.6 Å². The number of aromatic nitrogens is 4. The van der Waals surface area contributed by atoms with Crippen molar-refractivity contribution in [3.63, 3.8) is 0 Å². The minimum absolute atomic E-state index is 0.167. The summed E-state index contributed by atoms with van der Waals surface area (Å²) in [6.07, 6.45) is 3.08. The molecule has 7 heteroatoms. The standard InChI is InChI=1S/C8H5Cl2N5/c9-7-11-3-1-5(14-7)13-6-2-4-12-8(10)15-6/h1-4H,(H,11,12,13,14,15). The van der Waals surface area contributed by atoms with Crippen molar-refractivity contribution >= 4 is 34.8 Å². The molecule has 15 heavy (non-hydrogen) atoms. The number of nitrogens with one attached hydrogen (secondary N) is 1. The summed E-state index contributed by atoms with van der Waals surface area (Å²) in [4.78, 5) is 15.4. The number of rotatable bonds is 2. The van der Waals surface area contributed by atoms with Crippen molar-refractivity contribution < 1.29 is 0 Å². The van der Waals surface area contributed by atoms with Crippen LogP contribution in [0.15, 0.2) is 24.5 Å². The Morgan fingerprint density at radius 3 is 1.73 bits per heavy atom. The summed E-state index contributed by atoms with van der Waals surface area (Å²) in [5.41, 5.74) is 0. The molecule has 0 bridgehead atoms. The van der Waals surface area contributed by atoms with Gasteiger partial charge in [0.05, 0.1) is 0 Å². The molecule has 0 spiro atoms. The Balaban J connectivity index is 2.22. The highest BCUT2D eigenvalue weighted by molar-refractivity contribution is 6.28. The molecule has 2 aromatic rings. The summed E-state index contributed by atoms with van der Waals surface area (Å²) >= 11 is 11.2. The van der Waals surface area contributed by atoms with E-state index in [0.29, 0.717) is 11.6 Å². The molecular weight excluding hydrogens is 237 g/mol. The maximum absolute atomic E-state index is 5.62. The molecule has 0 saturated heterocycles. The summed E-state index contributed by atoms with van der Waals surface area (Å²) < 4.78 is 0. The third kappa shape index (κ3) is 2.74. The van der Waals surface area contributed by atoms with E-state index < -0.39 is 0 Å². The van der Waals surface area contributed by atoms with Crippen LogP contribution in [0.5, 0.6) is 0 Å². The molecular formula is C8H5Cl2N5. The molecule has 2 heterocycles. The van der Waals surface area contributed by atoms with Crippen LogP contribution in [0.3, 0.4) is 0 Å². The Bertz CT molecular complexity index is 433. The lowest BCUT2D eigenvalue weighted by Crippen LogP contribution is -1.97. The van der Waals surface area contributed by atoms with Crippen molar-refractivity contribution in [2.45, 2.75) is 0 Å². The van der Waals surface area contributed by atoms with E-state index in [0.717, 1.165) is 0 Å². The van der Waals surface area contributed by atoms with Crippen molar-refractivity contribution in [2.75, 3.05) is 5.32 Å². The number of halogens is 2. The topological polar surface area (TPSA) is 63.6 Å². The van der Waals surface area contributed by atoms with Crippen molar-refractivity contribution in [1.82, 2.24) is 19.9 Å². The lowest BCUT2D eigenvalue weighted by molar-refractivity contribution is 1.13. The predicted molar refractivity (Wildman–Crippen MR) is 57.4 cm³/mol. The van der Waals surface area contributed by atoms with Crippen LogP contribution >= 0.6 is 23.2 Å². The second-order valence-electron chi connectivity index (χ2n) is 2.55. The quantitative estimate of drug-likeness (QED) is 0.818. The minimum Gasteiger partial charge on any atom is -0.325 e. The molecule has 0 aliphatic carbocycles. The van der Waals surface area contributed by atoms with Crippen LogP contribution < -0.4 is 5.32 Å². The van der Waals surface area contributed by atoms with Gasteiger partial charge in [0.1, 0.15) is 11.6 Å². The first-order chi connectivity index (χ1) is 7.24. The van der Waals surface area contributed by atoms with Gasteiger partial charge in [0, 0.05) is 12.4 Å². The zero-order chi connectivity index (χ0) is 10.7. The monoisotopic (exact) mass is 241 g/mol. The number of hydrogen-bond donors (Lipinski definition) is 1. The third-order valence-electron chi connectivity index (χ3n) is 1.51. The second kappa shape index (κ2) is 4.37. The lowest BCUT2D eigenvalue weighted by Gasteiger charge is -2.03. The SMILES string of the molecule is Clc1nccc(Nc2ccnc(Cl)n2)n1. The Morgan fingerprint density at radius 1 is 0.867 bits per heavy atom. The van der Waals surface area contributed by atoms with Gasteiger partial charge in [-0.05, 0) is 35.3 Å². The Labute approximate surface area is 95.5 Å². The van der Waals surface area contributed by atoms with Crippen LogP contribution in [0.2, 0.25) is 10.6 Å². The first-order valence-electron chi connectivity index (χ1n) is 3.98. The van der Waals surface area contributed by atoms with E-state index in [-0.39, 0.29) is 10.6 Å².